The highest BCUT2D eigenvalue weighted by Crippen LogP contribution is 2.37. The fourth-order valence-corrected chi connectivity index (χ4v) is 2.72. The Hall–Kier alpha value is -0.780. The standard InChI is InChI=1S/C13H22F3NO2/c1-9(2)10-4-6-12(7-5-10,11(18)19-3)17-8-13(14,15)16/h9-10,17H,4-8H2,1-3H3. The number of methoxy groups -OCH3 is 1. The summed E-state index contributed by atoms with van der Waals surface area (Å²) in [7, 11) is 1.22. The number of carbonyl (C=O) groups excluding carboxylic acids is 1. The van der Waals surface area contributed by atoms with E-state index in [4.69, 9.17) is 0 Å². The number of halogens is 3. The molecule has 0 aromatic rings. The first-order valence-corrected chi connectivity index (χ1v) is 6.60. The third-order valence-corrected chi connectivity index (χ3v) is 4.03. The molecule has 0 atom stereocenters. The topological polar surface area (TPSA) is 38.3 Å². The molecule has 0 aromatic heterocycles. The van der Waals surface area contributed by atoms with Gasteiger partial charge in [0.15, 0.2) is 0 Å². The fraction of sp³-hybridized carbons (Fsp3) is 0.923. The number of nitrogens with one attached hydrogen (secondary N) is 1. The highest BCUT2D eigenvalue weighted by atomic mass is 19.4. The molecular formula is C13H22F3NO2. The highest BCUT2D eigenvalue weighted by molar-refractivity contribution is 5.80. The normalized spacial score (nSPS) is 28.5. The van der Waals surface area contributed by atoms with Gasteiger partial charge in [-0.3, -0.25) is 10.1 Å². The van der Waals surface area contributed by atoms with Gasteiger partial charge in [0, 0.05) is 0 Å². The number of carbonyl (C=O) groups is 1. The molecule has 3 nitrogen and oxygen atoms in total. The lowest BCUT2D eigenvalue weighted by Crippen LogP contribution is -2.57. The quantitative estimate of drug-likeness (QED) is 0.805. The number of alkyl halides is 3. The van der Waals surface area contributed by atoms with E-state index in [-0.39, 0.29) is 0 Å². The Morgan fingerprint density at radius 3 is 2.26 bits per heavy atom. The van der Waals surface area contributed by atoms with E-state index in [1.807, 2.05) is 0 Å². The molecule has 1 rings (SSSR count). The summed E-state index contributed by atoms with van der Waals surface area (Å²) < 4.78 is 41.7. The van der Waals surface area contributed by atoms with Crippen molar-refractivity contribution in [2.45, 2.75) is 51.2 Å². The van der Waals surface area contributed by atoms with Crippen molar-refractivity contribution in [2.24, 2.45) is 11.8 Å². The summed E-state index contributed by atoms with van der Waals surface area (Å²) in [5, 5.41) is 2.39. The van der Waals surface area contributed by atoms with Gasteiger partial charge in [-0.2, -0.15) is 13.2 Å². The van der Waals surface area contributed by atoms with Crippen molar-refractivity contribution in [3.8, 4) is 0 Å². The summed E-state index contributed by atoms with van der Waals surface area (Å²) in [6, 6.07) is 0. The fourth-order valence-electron chi connectivity index (χ4n) is 2.72. The molecule has 0 aromatic carbocycles. The third kappa shape index (κ3) is 4.37. The van der Waals surface area contributed by atoms with E-state index in [2.05, 4.69) is 23.9 Å². The Kier molecular flexibility index (Phi) is 5.24. The Morgan fingerprint density at radius 2 is 1.89 bits per heavy atom. The molecule has 0 aliphatic heterocycles. The average Bonchev–Trinajstić information content (AvgIpc) is 2.35. The highest BCUT2D eigenvalue weighted by Gasteiger charge is 2.45. The number of esters is 1. The molecule has 1 N–H and O–H groups in total. The van der Waals surface area contributed by atoms with Crippen LogP contribution in [0.15, 0.2) is 0 Å². The summed E-state index contributed by atoms with van der Waals surface area (Å²) in [6.07, 6.45) is -2.03. The van der Waals surface area contributed by atoms with Crippen molar-refractivity contribution in [1.82, 2.24) is 5.32 Å². The molecule has 0 radical (unpaired) electrons. The molecule has 0 bridgehead atoms. The lowest BCUT2D eigenvalue weighted by Gasteiger charge is -2.39. The van der Waals surface area contributed by atoms with E-state index >= 15 is 0 Å². The van der Waals surface area contributed by atoms with E-state index in [1.165, 1.54) is 7.11 Å². The lowest BCUT2D eigenvalue weighted by atomic mass is 9.72. The van der Waals surface area contributed by atoms with Crippen LogP contribution in [-0.2, 0) is 9.53 Å². The number of rotatable bonds is 4. The van der Waals surface area contributed by atoms with Crippen LogP contribution in [0, 0.1) is 11.8 Å². The molecule has 1 saturated carbocycles. The SMILES string of the molecule is COC(=O)C1(NCC(F)(F)F)CCC(C(C)C)CC1. The molecule has 0 saturated heterocycles. The third-order valence-electron chi connectivity index (χ3n) is 4.03. The Labute approximate surface area is 111 Å². The molecule has 1 aliphatic carbocycles. The van der Waals surface area contributed by atoms with E-state index in [9.17, 15) is 18.0 Å². The number of ether oxygens (including phenoxy) is 1. The van der Waals surface area contributed by atoms with Crippen LogP contribution in [0.3, 0.4) is 0 Å². The minimum atomic E-state index is -4.32. The van der Waals surface area contributed by atoms with Crippen LogP contribution in [0.2, 0.25) is 0 Å². The summed E-state index contributed by atoms with van der Waals surface area (Å²) in [4.78, 5) is 11.8. The summed E-state index contributed by atoms with van der Waals surface area (Å²) in [5.41, 5.74) is -1.17. The van der Waals surface area contributed by atoms with E-state index in [0.717, 1.165) is 12.8 Å². The smallest absolute Gasteiger partial charge is 0.401 e. The Balaban J connectivity index is 2.72. The van der Waals surface area contributed by atoms with Crippen LogP contribution in [0.25, 0.3) is 0 Å². The van der Waals surface area contributed by atoms with E-state index in [0.29, 0.717) is 24.7 Å². The van der Waals surface area contributed by atoms with Crippen LogP contribution in [0.5, 0.6) is 0 Å². The zero-order valence-corrected chi connectivity index (χ0v) is 11.6. The van der Waals surface area contributed by atoms with Crippen LogP contribution >= 0.6 is 0 Å². The molecule has 19 heavy (non-hydrogen) atoms. The molecule has 0 amide bonds. The van der Waals surface area contributed by atoms with Gasteiger partial charge in [0.25, 0.3) is 0 Å². The summed E-state index contributed by atoms with van der Waals surface area (Å²) in [5.74, 6) is 0.364. The van der Waals surface area contributed by atoms with Gasteiger partial charge in [-0.05, 0) is 37.5 Å². The maximum atomic E-state index is 12.3. The van der Waals surface area contributed by atoms with Crippen molar-refractivity contribution in [3.63, 3.8) is 0 Å². The first kappa shape index (κ1) is 16.3. The number of hydrogen-bond donors (Lipinski definition) is 1. The van der Waals surface area contributed by atoms with Crippen LogP contribution in [0.1, 0.15) is 39.5 Å². The van der Waals surface area contributed by atoms with Crippen molar-refractivity contribution in [3.05, 3.63) is 0 Å². The number of hydrogen-bond acceptors (Lipinski definition) is 3. The van der Waals surface area contributed by atoms with Gasteiger partial charge in [-0.15, -0.1) is 0 Å². The minimum Gasteiger partial charge on any atom is -0.468 e. The van der Waals surface area contributed by atoms with Crippen molar-refractivity contribution in [1.29, 1.82) is 0 Å². The summed E-state index contributed by atoms with van der Waals surface area (Å²) >= 11 is 0. The van der Waals surface area contributed by atoms with Gasteiger partial charge in [0.1, 0.15) is 5.54 Å². The largest absolute Gasteiger partial charge is 0.468 e. The second-order valence-electron chi connectivity index (χ2n) is 5.62. The molecule has 6 heteroatoms. The second kappa shape index (κ2) is 6.11. The molecule has 0 heterocycles. The lowest BCUT2D eigenvalue weighted by molar-refractivity contribution is -0.156. The molecule has 112 valence electrons. The Morgan fingerprint density at radius 1 is 1.37 bits per heavy atom. The molecule has 0 spiro atoms. The van der Waals surface area contributed by atoms with Crippen molar-refractivity contribution in [2.75, 3.05) is 13.7 Å². The first-order chi connectivity index (χ1) is 8.70. The zero-order chi connectivity index (χ0) is 14.7. The van der Waals surface area contributed by atoms with Gasteiger partial charge in [-0.25, -0.2) is 0 Å². The van der Waals surface area contributed by atoms with Gasteiger partial charge in [0.2, 0.25) is 0 Å². The monoisotopic (exact) mass is 281 g/mol. The van der Waals surface area contributed by atoms with Gasteiger partial charge >= 0.3 is 12.1 Å². The zero-order valence-electron chi connectivity index (χ0n) is 11.6. The maximum Gasteiger partial charge on any atom is 0.401 e. The van der Waals surface area contributed by atoms with Crippen molar-refractivity contribution < 1.29 is 22.7 Å². The first-order valence-electron chi connectivity index (χ1n) is 6.60. The van der Waals surface area contributed by atoms with E-state index < -0.39 is 24.2 Å². The average molecular weight is 281 g/mol. The summed E-state index contributed by atoms with van der Waals surface area (Å²) in [6.45, 7) is 3.03. The predicted octanol–water partition coefficient (Wildman–Crippen LogP) is 2.90. The Bertz CT molecular complexity index is 308. The molecule has 1 aliphatic rings. The molecule has 1 fully saturated rings. The van der Waals surface area contributed by atoms with Gasteiger partial charge in [0.05, 0.1) is 13.7 Å². The second-order valence-corrected chi connectivity index (χ2v) is 5.62. The van der Waals surface area contributed by atoms with Crippen LogP contribution < -0.4 is 5.32 Å². The van der Waals surface area contributed by atoms with E-state index in [1.54, 1.807) is 0 Å². The van der Waals surface area contributed by atoms with Crippen LogP contribution in [0.4, 0.5) is 13.2 Å². The van der Waals surface area contributed by atoms with Crippen LogP contribution in [-0.4, -0.2) is 31.3 Å². The predicted molar refractivity (Wildman–Crippen MR) is 65.6 cm³/mol. The molecule has 0 unspecified atom stereocenters. The molecular weight excluding hydrogens is 259 g/mol. The van der Waals surface area contributed by atoms with Gasteiger partial charge in [-0.1, -0.05) is 13.8 Å². The minimum absolute atomic E-state index is 0.401. The van der Waals surface area contributed by atoms with Crippen molar-refractivity contribution >= 4 is 5.97 Å². The van der Waals surface area contributed by atoms with Gasteiger partial charge < -0.3 is 4.74 Å². The maximum absolute atomic E-state index is 12.3.